The zero-order valence-electron chi connectivity index (χ0n) is 20.9. The number of carbonyl (C=O) groups excluding carboxylic acids is 1. The Labute approximate surface area is 237 Å². The molecular weight excluding hydrogens is 570 g/mol. The lowest BCUT2D eigenvalue weighted by molar-refractivity contribution is -0.142. The number of benzene rings is 2. The molecule has 0 radical (unpaired) electrons. The molecule has 39 heavy (non-hydrogen) atoms. The van der Waals surface area contributed by atoms with Crippen LogP contribution < -0.4 is 5.32 Å². The molecule has 2 aromatic carbocycles. The topological polar surface area (TPSA) is 72.7 Å². The predicted octanol–water partition coefficient (Wildman–Crippen LogP) is 7.16. The van der Waals surface area contributed by atoms with Crippen LogP contribution in [0.25, 0.3) is 11.3 Å². The minimum Gasteiger partial charge on any atom is -0.322 e. The number of hydrogen-bond acceptors (Lipinski definition) is 5. The van der Waals surface area contributed by atoms with Crippen LogP contribution in [0, 0.1) is 13.8 Å². The highest BCUT2D eigenvalue weighted by Crippen LogP contribution is 2.40. The van der Waals surface area contributed by atoms with Crippen LogP contribution in [0.4, 0.5) is 18.9 Å². The molecule has 0 aliphatic heterocycles. The van der Waals surface area contributed by atoms with E-state index in [2.05, 4.69) is 20.4 Å². The largest absolute Gasteiger partial charge is 0.433 e. The molecule has 202 valence electrons. The second-order valence-electron chi connectivity index (χ2n) is 9.08. The maximum absolute atomic E-state index is 13.9. The van der Waals surface area contributed by atoms with Crippen LogP contribution in [-0.2, 0) is 30.4 Å². The number of aromatic nitrogens is 4. The fraction of sp³-hybridized carbons (Fsp3) is 0.259. The fourth-order valence-electron chi connectivity index (χ4n) is 4.62. The van der Waals surface area contributed by atoms with E-state index in [9.17, 15) is 18.0 Å². The van der Waals surface area contributed by atoms with Crippen LogP contribution in [0.2, 0.25) is 10.0 Å². The summed E-state index contributed by atoms with van der Waals surface area (Å²) in [4.78, 5) is 21.1. The molecule has 2 heterocycles. The Morgan fingerprint density at radius 3 is 2.49 bits per heavy atom. The standard InChI is InChI=1S/C27H22Cl2F3N5OS/c1-14-23(15(2)37(36-14)12-19-20(28)8-5-9-21(19)29)33-22(38)13-39-26-34-24-17-7-4-3-6-16(17)10-11-18(24)25(35-26)27(30,31)32/h3-9H,10-13H2,1-2H3,(H,33,38). The van der Waals surface area contributed by atoms with Crippen LogP contribution in [0.15, 0.2) is 47.6 Å². The van der Waals surface area contributed by atoms with Crippen molar-refractivity contribution in [1.82, 2.24) is 19.7 Å². The first-order valence-corrected chi connectivity index (χ1v) is 13.7. The molecule has 6 nitrogen and oxygen atoms in total. The average Bonchev–Trinajstić information content (AvgIpc) is 3.15. The molecule has 0 fully saturated rings. The van der Waals surface area contributed by atoms with Crippen LogP contribution in [-0.4, -0.2) is 31.4 Å². The van der Waals surface area contributed by atoms with Gasteiger partial charge in [0.15, 0.2) is 10.9 Å². The van der Waals surface area contributed by atoms with E-state index in [0.29, 0.717) is 51.2 Å². The van der Waals surface area contributed by atoms with Crippen molar-refractivity contribution in [2.24, 2.45) is 0 Å². The molecule has 0 unspecified atom stereocenters. The number of amides is 1. The summed E-state index contributed by atoms with van der Waals surface area (Å²) in [6.45, 7) is 3.85. The Hall–Kier alpha value is -3.08. The highest BCUT2D eigenvalue weighted by Gasteiger charge is 2.39. The van der Waals surface area contributed by atoms with Crippen molar-refractivity contribution in [3.8, 4) is 11.3 Å². The number of thioether (sulfide) groups is 1. The predicted molar refractivity (Wildman–Crippen MR) is 146 cm³/mol. The number of carbonyl (C=O) groups is 1. The van der Waals surface area contributed by atoms with Gasteiger partial charge in [-0.15, -0.1) is 0 Å². The van der Waals surface area contributed by atoms with Crippen molar-refractivity contribution in [1.29, 1.82) is 0 Å². The summed E-state index contributed by atoms with van der Waals surface area (Å²) in [6.07, 6.45) is -3.95. The summed E-state index contributed by atoms with van der Waals surface area (Å²) in [5, 5.41) is 8.21. The summed E-state index contributed by atoms with van der Waals surface area (Å²) in [6, 6.07) is 12.5. The first-order chi connectivity index (χ1) is 18.5. The lowest BCUT2D eigenvalue weighted by Gasteiger charge is -2.22. The average molecular weight is 592 g/mol. The monoisotopic (exact) mass is 591 g/mol. The molecule has 0 atom stereocenters. The zero-order valence-corrected chi connectivity index (χ0v) is 23.2. The molecule has 1 amide bonds. The van der Waals surface area contributed by atoms with Gasteiger partial charge in [0.1, 0.15) is 0 Å². The van der Waals surface area contributed by atoms with E-state index in [1.165, 1.54) is 0 Å². The second-order valence-corrected chi connectivity index (χ2v) is 10.8. The third kappa shape index (κ3) is 5.64. The quantitative estimate of drug-likeness (QED) is 0.190. The lowest BCUT2D eigenvalue weighted by Crippen LogP contribution is -2.19. The number of fused-ring (bicyclic) bond motifs is 3. The van der Waals surface area contributed by atoms with Gasteiger partial charge in [-0.2, -0.15) is 18.3 Å². The van der Waals surface area contributed by atoms with Gasteiger partial charge in [-0.1, -0.05) is 65.3 Å². The van der Waals surface area contributed by atoms with Crippen molar-refractivity contribution in [3.05, 3.63) is 86.3 Å². The van der Waals surface area contributed by atoms with E-state index in [4.69, 9.17) is 23.2 Å². The molecule has 2 aromatic heterocycles. The number of alkyl halides is 3. The number of anilines is 1. The lowest BCUT2D eigenvalue weighted by atomic mass is 9.88. The van der Waals surface area contributed by atoms with E-state index in [1.807, 2.05) is 12.1 Å². The number of halogens is 5. The Bertz CT molecular complexity index is 1570. The Kier molecular flexibility index (Phi) is 7.63. The molecule has 0 saturated carbocycles. The Balaban J connectivity index is 1.35. The van der Waals surface area contributed by atoms with Crippen LogP contribution >= 0.6 is 35.0 Å². The van der Waals surface area contributed by atoms with Gasteiger partial charge in [-0.25, -0.2) is 9.97 Å². The molecule has 1 aliphatic rings. The highest BCUT2D eigenvalue weighted by molar-refractivity contribution is 7.99. The van der Waals surface area contributed by atoms with Crippen molar-refractivity contribution < 1.29 is 18.0 Å². The van der Waals surface area contributed by atoms with E-state index in [-0.39, 0.29) is 28.6 Å². The Morgan fingerprint density at radius 2 is 1.77 bits per heavy atom. The molecule has 4 aromatic rings. The Morgan fingerprint density at radius 1 is 1.05 bits per heavy atom. The molecule has 1 aliphatic carbocycles. The summed E-state index contributed by atoms with van der Waals surface area (Å²) in [5.74, 6) is -0.602. The van der Waals surface area contributed by atoms with Crippen LogP contribution in [0.5, 0.6) is 0 Å². The third-order valence-corrected chi connectivity index (χ3v) is 8.08. The summed E-state index contributed by atoms with van der Waals surface area (Å²) in [7, 11) is 0. The van der Waals surface area contributed by atoms with Crippen LogP contribution in [0.1, 0.15) is 33.8 Å². The second kappa shape index (κ2) is 10.8. The summed E-state index contributed by atoms with van der Waals surface area (Å²) < 4.78 is 43.4. The number of aryl methyl sites for hydroxylation is 2. The molecule has 0 bridgehead atoms. The van der Waals surface area contributed by atoms with Gasteiger partial charge in [0.05, 0.1) is 35.1 Å². The summed E-state index contributed by atoms with van der Waals surface area (Å²) >= 11 is 13.4. The molecule has 5 rings (SSSR count). The molecule has 1 N–H and O–H groups in total. The van der Waals surface area contributed by atoms with Crippen LogP contribution in [0.3, 0.4) is 0 Å². The van der Waals surface area contributed by atoms with Gasteiger partial charge in [-0.05, 0) is 44.4 Å². The maximum Gasteiger partial charge on any atom is 0.433 e. The van der Waals surface area contributed by atoms with Crippen molar-refractivity contribution in [3.63, 3.8) is 0 Å². The van der Waals surface area contributed by atoms with Gasteiger partial charge >= 0.3 is 6.18 Å². The number of rotatable bonds is 6. The van der Waals surface area contributed by atoms with Crippen molar-refractivity contribution in [2.75, 3.05) is 11.1 Å². The number of hydrogen-bond donors (Lipinski definition) is 1. The summed E-state index contributed by atoms with van der Waals surface area (Å²) in [5.41, 5.74) is 3.49. The van der Waals surface area contributed by atoms with Gasteiger partial charge in [0, 0.05) is 26.7 Å². The maximum atomic E-state index is 13.9. The van der Waals surface area contributed by atoms with Gasteiger partial charge in [-0.3, -0.25) is 9.48 Å². The molecule has 12 heteroatoms. The van der Waals surface area contributed by atoms with E-state index in [1.54, 1.807) is 48.9 Å². The van der Waals surface area contributed by atoms with Crippen molar-refractivity contribution in [2.45, 2.75) is 44.6 Å². The minimum atomic E-state index is -4.63. The molecular formula is C27H22Cl2F3N5OS. The normalized spacial score (nSPS) is 12.7. The first kappa shape index (κ1) is 27.5. The zero-order chi connectivity index (χ0) is 27.9. The SMILES string of the molecule is Cc1nn(Cc2c(Cl)cccc2Cl)c(C)c1NC(=O)CSc1nc2c(c(C(F)(F)F)n1)CCc1ccccc1-2. The fourth-order valence-corrected chi connectivity index (χ4v) is 5.78. The molecule has 0 spiro atoms. The van der Waals surface area contributed by atoms with Gasteiger partial charge in [0.25, 0.3) is 0 Å². The number of nitrogens with one attached hydrogen (secondary N) is 1. The van der Waals surface area contributed by atoms with Gasteiger partial charge < -0.3 is 5.32 Å². The first-order valence-electron chi connectivity index (χ1n) is 12.0. The highest BCUT2D eigenvalue weighted by atomic mass is 35.5. The minimum absolute atomic E-state index is 0.0901. The van der Waals surface area contributed by atoms with E-state index in [0.717, 1.165) is 17.3 Å². The molecule has 0 saturated heterocycles. The smallest absolute Gasteiger partial charge is 0.322 e. The van der Waals surface area contributed by atoms with Gasteiger partial charge in [0.2, 0.25) is 5.91 Å². The van der Waals surface area contributed by atoms with E-state index >= 15 is 0 Å². The van der Waals surface area contributed by atoms with E-state index < -0.39 is 17.8 Å². The number of nitrogens with zero attached hydrogens (tertiary/aromatic N) is 4. The third-order valence-electron chi connectivity index (χ3n) is 6.52. The van der Waals surface area contributed by atoms with Crippen molar-refractivity contribution >= 4 is 46.6 Å².